The fourth-order valence-corrected chi connectivity index (χ4v) is 2.40. The minimum atomic E-state index is -0.310. The van der Waals surface area contributed by atoms with Crippen LogP contribution in [0.4, 0.5) is 0 Å². The van der Waals surface area contributed by atoms with E-state index in [1.54, 1.807) is 12.4 Å². The molecule has 20 heavy (non-hydrogen) atoms. The van der Waals surface area contributed by atoms with Gasteiger partial charge in [0.05, 0.1) is 6.54 Å². The number of pyridine rings is 1. The predicted molar refractivity (Wildman–Crippen MR) is 72.6 cm³/mol. The smallest absolute Gasteiger partial charge is 0.242 e. The number of amides is 2. The summed E-state index contributed by atoms with van der Waals surface area (Å²) in [6.07, 6.45) is 5.61. The van der Waals surface area contributed by atoms with Gasteiger partial charge >= 0.3 is 0 Å². The van der Waals surface area contributed by atoms with Crippen LogP contribution in [0.1, 0.15) is 18.4 Å². The van der Waals surface area contributed by atoms with E-state index in [1.165, 1.54) is 0 Å². The summed E-state index contributed by atoms with van der Waals surface area (Å²) in [6, 6.07) is 3.89. The molecule has 2 N–H and O–H groups in total. The number of hydrogen-bond acceptors (Lipinski definition) is 4. The molecule has 1 aliphatic heterocycles. The summed E-state index contributed by atoms with van der Waals surface area (Å²) in [7, 11) is 0. The topological polar surface area (TPSA) is 74.3 Å². The van der Waals surface area contributed by atoms with Crippen molar-refractivity contribution in [2.45, 2.75) is 31.5 Å². The summed E-state index contributed by atoms with van der Waals surface area (Å²) in [5.41, 5.74) is 1.08. The quantitative estimate of drug-likeness (QED) is 0.788. The predicted octanol–water partition coefficient (Wildman–Crippen LogP) is -0.339. The van der Waals surface area contributed by atoms with Gasteiger partial charge < -0.3 is 10.2 Å². The third-order valence-corrected chi connectivity index (χ3v) is 3.68. The largest absolute Gasteiger partial charge is 0.353 e. The van der Waals surface area contributed by atoms with Crippen molar-refractivity contribution in [3.8, 4) is 0 Å². The molecule has 106 valence electrons. The summed E-state index contributed by atoms with van der Waals surface area (Å²) in [5.74, 6) is 0.0190. The lowest BCUT2D eigenvalue weighted by Gasteiger charge is -2.30. The first-order chi connectivity index (χ1) is 9.74. The molecule has 1 aliphatic carbocycles. The van der Waals surface area contributed by atoms with Crippen LogP contribution in [0.2, 0.25) is 0 Å². The first-order valence-corrected chi connectivity index (χ1v) is 6.93. The minimum absolute atomic E-state index is 0.0545. The number of hydrogen-bond donors (Lipinski definition) is 2. The van der Waals surface area contributed by atoms with Gasteiger partial charge in [-0.25, -0.2) is 0 Å². The molecule has 6 nitrogen and oxygen atoms in total. The Morgan fingerprint density at radius 3 is 2.70 bits per heavy atom. The zero-order chi connectivity index (χ0) is 13.9. The van der Waals surface area contributed by atoms with Gasteiger partial charge in [0, 0.05) is 31.5 Å². The van der Waals surface area contributed by atoms with Crippen LogP contribution < -0.4 is 10.6 Å². The maximum atomic E-state index is 12.6. The van der Waals surface area contributed by atoms with Gasteiger partial charge in [-0.2, -0.15) is 0 Å². The second-order valence-electron chi connectivity index (χ2n) is 5.29. The summed E-state index contributed by atoms with van der Waals surface area (Å²) in [5, 5.41) is 5.73. The van der Waals surface area contributed by atoms with Gasteiger partial charge in [-0.15, -0.1) is 0 Å². The van der Waals surface area contributed by atoms with Gasteiger partial charge in [0.1, 0.15) is 6.04 Å². The Morgan fingerprint density at radius 2 is 2.10 bits per heavy atom. The monoisotopic (exact) mass is 274 g/mol. The Bertz CT molecular complexity index is 491. The molecule has 0 bridgehead atoms. The van der Waals surface area contributed by atoms with E-state index in [1.807, 2.05) is 17.0 Å². The van der Waals surface area contributed by atoms with Gasteiger partial charge in [-0.3, -0.25) is 19.9 Å². The van der Waals surface area contributed by atoms with E-state index in [9.17, 15) is 9.59 Å². The average molecular weight is 274 g/mol. The third-order valence-electron chi connectivity index (χ3n) is 3.68. The van der Waals surface area contributed by atoms with Crippen molar-refractivity contribution < 1.29 is 9.59 Å². The maximum absolute atomic E-state index is 12.6. The van der Waals surface area contributed by atoms with E-state index in [4.69, 9.17) is 0 Å². The van der Waals surface area contributed by atoms with Gasteiger partial charge in [0.25, 0.3) is 0 Å². The van der Waals surface area contributed by atoms with Gasteiger partial charge in [-0.1, -0.05) is 0 Å². The Balaban J connectivity index is 1.67. The number of piperazine rings is 1. The Morgan fingerprint density at radius 1 is 1.35 bits per heavy atom. The molecule has 1 saturated carbocycles. The molecule has 2 fully saturated rings. The van der Waals surface area contributed by atoms with Crippen molar-refractivity contribution in [3.63, 3.8) is 0 Å². The van der Waals surface area contributed by atoms with Crippen molar-refractivity contribution in [1.82, 2.24) is 20.5 Å². The van der Waals surface area contributed by atoms with Gasteiger partial charge in [0.15, 0.2) is 0 Å². The van der Waals surface area contributed by atoms with Crippen molar-refractivity contribution in [3.05, 3.63) is 30.1 Å². The first kappa shape index (κ1) is 13.1. The maximum Gasteiger partial charge on any atom is 0.242 e. The zero-order valence-corrected chi connectivity index (χ0v) is 11.2. The highest BCUT2D eigenvalue weighted by molar-refractivity contribution is 5.87. The lowest BCUT2D eigenvalue weighted by Crippen LogP contribution is -2.58. The van der Waals surface area contributed by atoms with Crippen molar-refractivity contribution in [2.24, 2.45) is 0 Å². The third kappa shape index (κ3) is 2.96. The molecule has 1 unspecified atom stereocenters. The second-order valence-corrected chi connectivity index (χ2v) is 5.29. The van der Waals surface area contributed by atoms with Crippen LogP contribution in [-0.4, -0.2) is 46.9 Å². The van der Waals surface area contributed by atoms with E-state index in [0.29, 0.717) is 19.1 Å². The number of rotatable bonds is 4. The van der Waals surface area contributed by atoms with Crippen LogP contribution in [0, 0.1) is 0 Å². The second kappa shape index (κ2) is 5.58. The van der Waals surface area contributed by atoms with E-state index in [2.05, 4.69) is 15.6 Å². The summed E-state index contributed by atoms with van der Waals surface area (Å²) >= 11 is 0. The first-order valence-electron chi connectivity index (χ1n) is 6.93. The Kier molecular flexibility index (Phi) is 3.64. The molecule has 1 aromatic rings. The Labute approximate surface area is 117 Å². The highest BCUT2D eigenvalue weighted by Crippen LogP contribution is 2.29. The molecule has 2 aliphatic rings. The van der Waals surface area contributed by atoms with E-state index in [-0.39, 0.29) is 24.4 Å². The molecule has 1 aromatic heterocycles. The van der Waals surface area contributed by atoms with Crippen LogP contribution in [0.15, 0.2) is 24.5 Å². The molecule has 1 atom stereocenters. The number of nitrogens with zero attached hydrogens (tertiary/aromatic N) is 2. The van der Waals surface area contributed by atoms with Crippen LogP contribution in [-0.2, 0) is 16.1 Å². The molecule has 2 amide bonds. The van der Waals surface area contributed by atoms with E-state index < -0.39 is 0 Å². The van der Waals surface area contributed by atoms with Crippen LogP contribution in [0.5, 0.6) is 0 Å². The highest BCUT2D eigenvalue weighted by atomic mass is 16.2. The fourth-order valence-electron chi connectivity index (χ4n) is 2.40. The zero-order valence-electron chi connectivity index (χ0n) is 11.2. The lowest BCUT2D eigenvalue weighted by atomic mass is 10.1. The molecule has 0 radical (unpaired) electrons. The normalized spacial score (nSPS) is 22.2. The van der Waals surface area contributed by atoms with Crippen molar-refractivity contribution in [1.29, 1.82) is 0 Å². The molecule has 1 saturated heterocycles. The standard InChI is InChI=1S/C14H18N4O2/c19-13-8-16-12(7-17-13)14(20)18(11-1-2-11)9-10-3-5-15-6-4-10/h3-6,11-12,16H,1-2,7-9H2,(H,17,19). The van der Waals surface area contributed by atoms with E-state index in [0.717, 1.165) is 18.4 Å². The van der Waals surface area contributed by atoms with Crippen LogP contribution >= 0.6 is 0 Å². The number of carbonyl (C=O) groups excluding carboxylic acids is 2. The van der Waals surface area contributed by atoms with E-state index >= 15 is 0 Å². The molecule has 6 heteroatoms. The molecule has 2 heterocycles. The molecule has 0 aromatic carbocycles. The number of aromatic nitrogens is 1. The fraction of sp³-hybridized carbons (Fsp3) is 0.500. The van der Waals surface area contributed by atoms with Crippen LogP contribution in [0.3, 0.4) is 0 Å². The summed E-state index contributed by atoms with van der Waals surface area (Å²) in [4.78, 5) is 29.6. The van der Waals surface area contributed by atoms with Crippen LogP contribution in [0.25, 0.3) is 0 Å². The molecular formula is C14H18N4O2. The van der Waals surface area contributed by atoms with Gasteiger partial charge in [0.2, 0.25) is 11.8 Å². The summed E-state index contributed by atoms with van der Waals surface area (Å²) in [6.45, 7) is 1.19. The molecule has 3 rings (SSSR count). The average Bonchev–Trinajstić information content (AvgIpc) is 3.30. The van der Waals surface area contributed by atoms with Crippen molar-refractivity contribution >= 4 is 11.8 Å². The highest BCUT2D eigenvalue weighted by Gasteiger charge is 2.36. The molecular weight excluding hydrogens is 256 g/mol. The van der Waals surface area contributed by atoms with Gasteiger partial charge in [-0.05, 0) is 30.5 Å². The SMILES string of the molecule is O=C1CNC(C(=O)N(Cc2ccncc2)C2CC2)CN1. The summed E-state index contributed by atoms with van der Waals surface area (Å²) < 4.78 is 0. The van der Waals surface area contributed by atoms with Crippen molar-refractivity contribution in [2.75, 3.05) is 13.1 Å². The minimum Gasteiger partial charge on any atom is -0.353 e. The Hall–Kier alpha value is -1.95. The number of carbonyl (C=O) groups is 2. The molecule has 0 spiro atoms. The lowest BCUT2D eigenvalue weighted by molar-refractivity contribution is -0.136. The number of nitrogens with one attached hydrogen (secondary N) is 2.